The molecule has 2 rings (SSSR count). The van der Waals surface area contributed by atoms with Crippen molar-refractivity contribution in [2.75, 3.05) is 0 Å². The number of hydrogen-bond donors (Lipinski definition) is 0. The summed E-state index contributed by atoms with van der Waals surface area (Å²) in [4.78, 5) is 0. The third-order valence-electron chi connectivity index (χ3n) is 3.28. The molecule has 0 N–H and O–H groups in total. The van der Waals surface area contributed by atoms with E-state index in [1.807, 2.05) is 6.07 Å². The molecule has 0 saturated carbocycles. The molecule has 0 fully saturated rings. The molecule has 0 saturated heterocycles. The van der Waals surface area contributed by atoms with Crippen LogP contribution in [0.1, 0.15) is 52.7 Å². The molecular formula is C16H21ClN2OS. The molecule has 21 heavy (non-hydrogen) atoms. The summed E-state index contributed by atoms with van der Waals surface area (Å²) in [5.74, 6) is 1.15. The number of rotatable bonds is 2. The van der Waals surface area contributed by atoms with Crippen LogP contribution in [-0.2, 0) is 10.8 Å². The second kappa shape index (κ2) is 5.58. The van der Waals surface area contributed by atoms with E-state index in [1.54, 1.807) is 0 Å². The van der Waals surface area contributed by atoms with Gasteiger partial charge in [-0.05, 0) is 22.5 Å². The van der Waals surface area contributed by atoms with E-state index in [0.29, 0.717) is 11.0 Å². The van der Waals surface area contributed by atoms with E-state index < -0.39 is 0 Å². The lowest BCUT2D eigenvalue weighted by Crippen LogP contribution is -2.17. The van der Waals surface area contributed by atoms with Crippen LogP contribution in [0.25, 0.3) is 0 Å². The summed E-state index contributed by atoms with van der Waals surface area (Å²) in [5.41, 5.74) is 2.48. The molecule has 1 aromatic carbocycles. The van der Waals surface area contributed by atoms with Gasteiger partial charge in [0, 0.05) is 5.56 Å². The second-order valence-electron chi connectivity index (χ2n) is 7.17. The van der Waals surface area contributed by atoms with E-state index in [2.05, 4.69) is 62.4 Å². The van der Waals surface area contributed by atoms with Crippen LogP contribution in [-0.4, -0.2) is 8.75 Å². The maximum atomic E-state index is 5.97. The molecule has 0 aliphatic rings. The van der Waals surface area contributed by atoms with Crippen LogP contribution < -0.4 is 4.74 Å². The van der Waals surface area contributed by atoms with Gasteiger partial charge in [-0.15, -0.1) is 4.37 Å². The maximum absolute atomic E-state index is 5.97. The molecule has 0 atom stereocenters. The average molecular weight is 325 g/mol. The van der Waals surface area contributed by atoms with E-state index in [0.717, 1.165) is 23.0 Å². The fraction of sp³-hybridized carbons (Fsp3) is 0.500. The Hall–Kier alpha value is -1.13. The zero-order chi connectivity index (χ0) is 15.8. The highest BCUT2D eigenvalue weighted by Gasteiger charge is 2.24. The van der Waals surface area contributed by atoms with Gasteiger partial charge in [-0.1, -0.05) is 65.3 Å². The molecule has 0 amide bonds. The molecule has 0 unspecified atom stereocenters. The van der Waals surface area contributed by atoms with Crippen molar-refractivity contribution in [3.63, 3.8) is 0 Å². The number of ether oxygens (including phenoxy) is 1. The number of hydrogen-bond acceptors (Lipinski definition) is 4. The summed E-state index contributed by atoms with van der Waals surface area (Å²) in [5, 5.41) is 0.305. The Balaban J connectivity index is 2.48. The summed E-state index contributed by atoms with van der Waals surface area (Å²) < 4.78 is 13.9. The Labute approximate surface area is 135 Å². The van der Waals surface area contributed by atoms with Crippen LogP contribution in [0.3, 0.4) is 0 Å². The Morgan fingerprint density at radius 3 is 2.14 bits per heavy atom. The number of halogens is 1. The Bertz CT molecular complexity index is 638. The molecule has 5 heteroatoms. The van der Waals surface area contributed by atoms with E-state index >= 15 is 0 Å². The van der Waals surface area contributed by atoms with Crippen LogP contribution in [0.5, 0.6) is 11.6 Å². The average Bonchev–Trinajstić information content (AvgIpc) is 2.73. The van der Waals surface area contributed by atoms with Crippen molar-refractivity contribution in [3.8, 4) is 11.6 Å². The predicted octanol–water partition coefficient (Wildman–Crippen LogP) is 5.58. The first-order valence-electron chi connectivity index (χ1n) is 6.90. The highest BCUT2D eigenvalue weighted by molar-refractivity contribution is 6.99. The van der Waals surface area contributed by atoms with Gasteiger partial charge in [0.25, 0.3) is 5.88 Å². The summed E-state index contributed by atoms with van der Waals surface area (Å²) in [6.45, 7) is 13.1. The van der Waals surface area contributed by atoms with Crippen molar-refractivity contribution in [1.29, 1.82) is 0 Å². The standard InChI is InChI=1S/C16H21ClN2OS/c1-15(2,3)10-7-8-12(11(9-10)16(4,5)6)20-14-13(17)18-21-19-14/h7-9H,1-6H3. The van der Waals surface area contributed by atoms with E-state index in [1.165, 1.54) is 5.56 Å². The van der Waals surface area contributed by atoms with Gasteiger partial charge in [0.05, 0.1) is 11.7 Å². The van der Waals surface area contributed by atoms with E-state index in [-0.39, 0.29) is 10.8 Å². The van der Waals surface area contributed by atoms with Gasteiger partial charge in [0.15, 0.2) is 0 Å². The van der Waals surface area contributed by atoms with Crippen LogP contribution in [0.4, 0.5) is 0 Å². The van der Waals surface area contributed by atoms with Crippen molar-refractivity contribution in [3.05, 3.63) is 34.5 Å². The minimum absolute atomic E-state index is 0.0352. The van der Waals surface area contributed by atoms with Gasteiger partial charge in [-0.3, -0.25) is 0 Å². The Kier molecular flexibility index (Phi) is 4.31. The Morgan fingerprint density at radius 1 is 1.00 bits per heavy atom. The molecule has 3 nitrogen and oxygen atoms in total. The summed E-state index contributed by atoms with van der Waals surface area (Å²) in [7, 11) is 0. The number of nitrogens with zero attached hydrogens (tertiary/aromatic N) is 2. The van der Waals surface area contributed by atoms with Gasteiger partial charge in [0.2, 0.25) is 5.15 Å². The van der Waals surface area contributed by atoms with Gasteiger partial charge in [-0.25, -0.2) is 0 Å². The van der Waals surface area contributed by atoms with Crippen LogP contribution in [0, 0.1) is 0 Å². The fourth-order valence-corrected chi connectivity index (χ4v) is 2.62. The highest BCUT2D eigenvalue weighted by Crippen LogP contribution is 2.38. The van der Waals surface area contributed by atoms with E-state index in [4.69, 9.17) is 16.3 Å². The van der Waals surface area contributed by atoms with Crippen molar-refractivity contribution in [2.24, 2.45) is 0 Å². The minimum Gasteiger partial charge on any atom is -0.435 e. The van der Waals surface area contributed by atoms with Crippen LogP contribution in [0.2, 0.25) is 5.15 Å². The van der Waals surface area contributed by atoms with Crippen molar-refractivity contribution >= 4 is 23.3 Å². The lowest BCUT2D eigenvalue weighted by atomic mass is 9.80. The van der Waals surface area contributed by atoms with E-state index in [9.17, 15) is 0 Å². The quantitative estimate of drug-likeness (QED) is 0.723. The predicted molar refractivity (Wildman–Crippen MR) is 88.8 cm³/mol. The molecule has 0 bridgehead atoms. The summed E-state index contributed by atoms with van der Waals surface area (Å²) in [6, 6.07) is 6.30. The zero-order valence-electron chi connectivity index (χ0n) is 13.3. The third kappa shape index (κ3) is 3.74. The molecule has 0 aliphatic heterocycles. The first-order valence-corrected chi connectivity index (χ1v) is 8.01. The topological polar surface area (TPSA) is 35.0 Å². The lowest BCUT2D eigenvalue weighted by Gasteiger charge is -2.26. The lowest BCUT2D eigenvalue weighted by molar-refractivity contribution is 0.442. The smallest absolute Gasteiger partial charge is 0.270 e. The summed E-state index contributed by atoms with van der Waals surface area (Å²) in [6.07, 6.45) is 0. The highest BCUT2D eigenvalue weighted by atomic mass is 35.5. The molecule has 1 heterocycles. The fourth-order valence-electron chi connectivity index (χ4n) is 2.01. The SMILES string of the molecule is CC(C)(C)c1ccc(Oc2nsnc2Cl)c(C(C)(C)C)c1. The van der Waals surface area contributed by atoms with Crippen molar-refractivity contribution in [2.45, 2.75) is 52.4 Å². The third-order valence-corrected chi connectivity index (χ3v) is 4.14. The summed E-state index contributed by atoms with van der Waals surface area (Å²) >= 11 is 7.02. The van der Waals surface area contributed by atoms with Gasteiger partial charge >= 0.3 is 0 Å². The van der Waals surface area contributed by atoms with Crippen molar-refractivity contribution in [1.82, 2.24) is 8.75 Å². The molecule has 0 spiro atoms. The molecule has 0 aliphatic carbocycles. The van der Waals surface area contributed by atoms with Gasteiger partial charge in [0.1, 0.15) is 5.75 Å². The molecular weight excluding hydrogens is 304 g/mol. The number of benzene rings is 1. The Morgan fingerprint density at radius 2 is 1.67 bits per heavy atom. The second-order valence-corrected chi connectivity index (χ2v) is 8.06. The van der Waals surface area contributed by atoms with Crippen LogP contribution in [0.15, 0.2) is 18.2 Å². The minimum atomic E-state index is -0.0352. The number of aromatic nitrogens is 2. The van der Waals surface area contributed by atoms with Gasteiger partial charge < -0.3 is 4.74 Å². The molecule has 0 radical (unpaired) electrons. The molecule has 1 aromatic heterocycles. The first-order chi connectivity index (χ1) is 9.59. The molecule has 114 valence electrons. The van der Waals surface area contributed by atoms with Gasteiger partial charge in [-0.2, -0.15) is 4.37 Å². The van der Waals surface area contributed by atoms with Crippen LogP contribution >= 0.6 is 23.3 Å². The van der Waals surface area contributed by atoms with Crippen molar-refractivity contribution < 1.29 is 4.74 Å². The first kappa shape index (κ1) is 16.2. The monoisotopic (exact) mass is 324 g/mol. The normalized spacial score (nSPS) is 12.5. The molecule has 2 aromatic rings. The largest absolute Gasteiger partial charge is 0.435 e. The zero-order valence-corrected chi connectivity index (χ0v) is 14.9. The maximum Gasteiger partial charge on any atom is 0.270 e.